The van der Waals surface area contributed by atoms with Gasteiger partial charge in [-0.1, -0.05) is 12.1 Å². The van der Waals surface area contributed by atoms with E-state index in [1.807, 2.05) is 22.9 Å². The predicted molar refractivity (Wildman–Crippen MR) is 79.8 cm³/mol. The number of imidazole rings is 1. The van der Waals surface area contributed by atoms with Gasteiger partial charge in [-0.2, -0.15) is 5.10 Å². The lowest BCUT2D eigenvalue weighted by Crippen LogP contribution is -1.98. The maximum absolute atomic E-state index is 5.62. The van der Waals surface area contributed by atoms with E-state index in [1.54, 1.807) is 23.6 Å². The van der Waals surface area contributed by atoms with Crippen LogP contribution in [0.5, 0.6) is 0 Å². The first-order valence-electron chi connectivity index (χ1n) is 7.22. The number of aryl methyl sites for hydroxylation is 1. The summed E-state index contributed by atoms with van der Waals surface area (Å²) in [5.41, 5.74) is 2.67. The van der Waals surface area contributed by atoms with Gasteiger partial charge >= 0.3 is 0 Å². The Balaban J connectivity index is 1.58. The molecule has 4 heterocycles. The summed E-state index contributed by atoms with van der Waals surface area (Å²) >= 11 is 0. The first-order valence-corrected chi connectivity index (χ1v) is 7.22. The van der Waals surface area contributed by atoms with Crippen molar-refractivity contribution in [2.75, 3.05) is 0 Å². The molecule has 0 spiro atoms. The molecule has 4 aromatic heterocycles. The highest BCUT2D eigenvalue weighted by Crippen LogP contribution is 2.25. The zero-order chi connectivity index (χ0) is 15.6. The van der Waals surface area contributed by atoms with Gasteiger partial charge in [-0.15, -0.1) is 0 Å². The first kappa shape index (κ1) is 13.5. The van der Waals surface area contributed by atoms with Crippen molar-refractivity contribution in [1.82, 2.24) is 29.5 Å². The van der Waals surface area contributed by atoms with Gasteiger partial charge in [0.1, 0.15) is 31.2 Å². The molecular weight excluding hydrogens is 296 g/mol. The number of hydrogen-bond donors (Lipinski definition) is 0. The molecule has 4 aromatic rings. The molecule has 0 radical (unpaired) electrons. The van der Waals surface area contributed by atoms with Gasteiger partial charge in [0, 0.05) is 24.0 Å². The van der Waals surface area contributed by atoms with Gasteiger partial charge in [-0.25, -0.2) is 14.6 Å². The van der Waals surface area contributed by atoms with Crippen LogP contribution in [0.15, 0.2) is 52.5 Å². The smallest absolute Gasteiger partial charge is 0.159 e. The Morgan fingerprint density at radius 1 is 1.17 bits per heavy atom. The Kier molecular flexibility index (Phi) is 3.26. The summed E-state index contributed by atoms with van der Waals surface area (Å²) < 4.78 is 14.6. The summed E-state index contributed by atoms with van der Waals surface area (Å²) in [6.07, 6.45) is 9.30. The van der Waals surface area contributed by atoms with Crippen molar-refractivity contribution >= 4 is 0 Å². The normalized spacial score (nSPS) is 11.2. The fourth-order valence-corrected chi connectivity index (χ4v) is 2.38. The molecule has 0 amide bonds. The molecule has 0 unspecified atom stereocenters. The number of nitrogens with zero attached hydrogens (tertiary/aromatic N) is 6. The quantitative estimate of drug-likeness (QED) is 0.562. The lowest BCUT2D eigenvalue weighted by atomic mass is 10.3. The van der Waals surface area contributed by atoms with E-state index in [1.165, 1.54) is 6.33 Å². The van der Waals surface area contributed by atoms with E-state index >= 15 is 0 Å². The summed E-state index contributed by atoms with van der Waals surface area (Å²) in [5.74, 6) is 1.32. The van der Waals surface area contributed by atoms with Gasteiger partial charge in [0.25, 0.3) is 0 Å². The van der Waals surface area contributed by atoms with Crippen LogP contribution < -0.4 is 0 Å². The molecule has 0 atom stereocenters. The average molecular weight is 310 g/mol. The SMILES string of the molecule is CCc1cncn1-c1coc(-c2cc(Cn3cncn3)on2)c1. The van der Waals surface area contributed by atoms with Crippen molar-refractivity contribution in [3.63, 3.8) is 0 Å². The second-order valence-electron chi connectivity index (χ2n) is 5.05. The van der Waals surface area contributed by atoms with Crippen LogP contribution in [-0.4, -0.2) is 29.5 Å². The Bertz CT molecular complexity index is 902. The molecule has 8 nitrogen and oxygen atoms in total. The van der Waals surface area contributed by atoms with E-state index in [0.717, 1.165) is 17.8 Å². The van der Waals surface area contributed by atoms with E-state index in [4.69, 9.17) is 8.94 Å². The van der Waals surface area contributed by atoms with Crippen LogP contribution in [0.1, 0.15) is 18.4 Å². The molecule has 0 saturated heterocycles. The summed E-state index contributed by atoms with van der Waals surface area (Å²) in [6, 6.07) is 3.75. The Morgan fingerprint density at radius 3 is 2.96 bits per heavy atom. The van der Waals surface area contributed by atoms with Crippen LogP contribution in [0.25, 0.3) is 17.1 Å². The molecule has 0 aliphatic rings. The Labute approximate surface area is 131 Å². The van der Waals surface area contributed by atoms with Crippen LogP contribution in [0, 0.1) is 0 Å². The maximum Gasteiger partial charge on any atom is 0.159 e. The van der Waals surface area contributed by atoms with Crippen LogP contribution >= 0.6 is 0 Å². The molecule has 0 aromatic carbocycles. The molecule has 23 heavy (non-hydrogen) atoms. The lowest BCUT2D eigenvalue weighted by Gasteiger charge is -2.00. The fourth-order valence-electron chi connectivity index (χ4n) is 2.38. The number of rotatable bonds is 5. The van der Waals surface area contributed by atoms with Crippen molar-refractivity contribution < 1.29 is 8.94 Å². The third-order valence-corrected chi connectivity index (χ3v) is 3.54. The number of aromatic nitrogens is 6. The monoisotopic (exact) mass is 310 g/mol. The highest BCUT2D eigenvalue weighted by Gasteiger charge is 2.13. The molecule has 0 aliphatic carbocycles. The van der Waals surface area contributed by atoms with Gasteiger partial charge < -0.3 is 13.5 Å². The van der Waals surface area contributed by atoms with Crippen LogP contribution in [0.4, 0.5) is 0 Å². The highest BCUT2D eigenvalue weighted by molar-refractivity contribution is 5.55. The van der Waals surface area contributed by atoms with Crippen molar-refractivity contribution in [3.05, 3.63) is 55.0 Å². The molecule has 0 fully saturated rings. The molecule has 4 rings (SSSR count). The van der Waals surface area contributed by atoms with E-state index in [-0.39, 0.29) is 0 Å². The molecule has 8 heteroatoms. The van der Waals surface area contributed by atoms with Crippen molar-refractivity contribution in [2.24, 2.45) is 0 Å². The topological polar surface area (TPSA) is 87.7 Å². The Morgan fingerprint density at radius 2 is 2.13 bits per heavy atom. The molecule has 0 N–H and O–H groups in total. The number of furan rings is 1. The van der Waals surface area contributed by atoms with Gasteiger partial charge in [-0.3, -0.25) is 0 Å². The number of hydrogen-bond acceptors (Lipinski definition) is 6. The first-order chi connectivity index (χ1) is 11.3. The zero-order valence-electron chi connectivity index (χ0n) is 12.5. The average Bonchev–Trinajstić information content (AvgIpc) is 3.34. The minimum absolute atomic E-state index is 0.474. The summed E-state index contributed by atoms with van der Waals surface area (Å²) in [4.78, 5) is 8.06. The van der Waals surface area contributed by atoms with E-state index < -0.39 is 0 Å². The highest BCUT2D eigenvalue weighted by atomic mass is 16.5. The molecular formula is C15H14N6O2. The summed E-state index contributed by atoms with van der Waals surface area (Å²) in [6.45, 7) is 2.56. The molecule has 0 bridgehead atoms. The second kappa shape index (κ2) is 5.56. The molecule has 0 saturated carbocycles. The largest absolute Gasteiger partial charge is 0.460 e. The fraction of sp³-hybridized carbons (Fsp3) is 0.200. The minimum Gasteiger partial charge on any atom is -0.460 e. The van der Waals surface area contributed by atoms with Crippen LogP contribution in [-0.2, 0) is 13.0 Å². The molecule has 0 aliphatic heterocycles. The minimum atomic E-state index is 0.474. The lowest BCUT2D eigenvalue weighted by molar-refractivity contribution is 0.371. The van der Waals surface area contributed by atoms with Gasteiger partial charge in [-0.05, 0) is 6.42 Å². The zero-order valence-corrected chi connectivity index (χ0v) is 12.5. The second-order valence-corrected chi connectivity index (χ2v) is 5.05. The third kappa shape index (κ3) is 2.54. The van der Waals surface area contributed by atoms with Crippen molar-refractivity contribution in [3.8, 4) is 17.1 Å². The molecule has 116 valence electrons. The maximum atomic E-state index is 5.62. The summed E-state index contributed by atoms with van der Waals surface area (Å²) in [5, 5.41) is 8.08. The van der Waals surface area contributed by atoms with E-state index in [2.05, 4.69) is 27.1 Å². The standard InChI is InChI=1S/C15H14N6O2/c1-2-11-5-16-10-21(11)12-3-15(22-7-12)14-4-13(23-19-14)6-20-9-17-8-18-20/h3-5,7-10H,2,6H2,1H3. The Hall–Kier alpha value is -3.16. The third-order valence-electron chi connectivity index (χ3n) is 3.54. The van der Waals surface area contributed by atoms with E-state index in [0.29, 0.717) is 23.8 Å². The van der Waals surface area contributed by atoms with Gasteiger partial charge in [0.05, 0.1) is 12.0 Å². The van der Waals surface area contributed by atoms with Crippen LogP contribution in [0.2, 0.25) is 0 Å². The van der Waals surface area contributed by atoms with Crippen molar-refractivity contribution in [2.45, 2.75) is 19.9 Å². The predicted octanol–water partition coefficient (Wildman–Crippen LogP) is 2.32. The van der Waals surface area contributed by atoms with Gasteiger partial charge in [0.15, 0.2) is 11.5 Å². The van der Waals surface area contributed by atoms with E-state index in [9.17, 15) is 0 Å². The summed E-state index contributed by atoms with van der Waals surface area (Å²) in [7, 11) is 0. The van der Waals surface area contributed by atoms with Gasteiger partial charge in [0.2, 0.25) is 0 Å². The van der Waals surface area contributed by atoms with Crippen molar-refractivity contribution in [1.29, 1.82) is 0 Å². The van der Waals surface area contributed by atoms with Crippen LogP contribution in [0.3, 0.4) is 0 Å².